The third kappa shape index (κ3) is 7.39. The summed E-state index contributed by atoms with van der Waals surface area (Å²) in [5.74, 6) is -0.685. The van der Waals surface area contributed by atoms with E-state index in [1.807, 2.05) is 19.9 Å². The molecular weight excluding hydrogens is 365 g/mol. The Hall–Kier alpha value is -1.03. The molecule has 0 bridgehead atoms. The van der Waals surface area contributed by atoms with E-state index in [9.17, 15) is 13.2 Å². The summed E-state index contributed by atoms with van der Waals surface area (Å²) >= 11 is 0. The average molecular weight is 384 g/mol. The smallest absolute Gasteiger partial charge is 0.524 e. The molecule has 2 aromatic rings. The summed E-state index contributed by atoms with van der Waals surface area (Å²) in [7, 11) is -4.23. The Labute approximate surface area is 190 Å². The van der Waals surface area contributed by atoms with E-state index in [-0.39, 0.29) is 68.8 Å². The van der Waals surface area contributed by atoms with Crippen molar-refractivity contribution in [2.24, 2.45) is 4.99 Å². The van der Waals surface area contributed by atoms with Crippen molar-refractivity contribution in [3.63, 3.8) is 0 Å². The second-order valence-electron chi connectivity index (χ2n) is 5.28. The van der Waals surface area contributed by atoms with Crippen molar-refractivity contribution in [1.82, 2.24) is 4.72 Å². The predicted octanol–water partition coefficient (Wildman–Crippen LogP) is -0.106. The van der Waals surface area contributed by atoms with Crippen molar-refractivity contribution < 1.29 is 64.6 Å². The minimum atomic E-state index is -4.23. The van der Waals surface area contributed by atoms with Crippen LogP contribution in [0.15, 0.2) is 65.7 Å². The number of rotatable bonds is 5. The number of amides is 1. The minimum absolute atomic E-state index is 0. The fourth-order valence-corrected chi connectivity index (χ4v) is 2.69. The third-order valence-corrected chi connectivity index (χ3v) is 3.74. The zero-order chi connectivity index (χ0) is 17.6. The number of nitrogens with one attached hydrogen (secondary N) is 1. The summed E-state index contributed by atoms with van der Waals surface area (Å²) in [5.41, 5.74) is 0.794. The largest absolute Gasteiger partial charge is 1.00 e. The van der Waals surface area contributed by atoms with E-state index < -0.39 is 16.1 Å². The zero-order valence-corrected chi connectivity index (χ0v) is 18.3. The average Bonchev–Trinajstić information content (AvgIpc) is 2.55. The molecule has 2 rings (SSSR count). The third-order valence-electron chi connectivity index (χ3n) is 2.88. The van der Waals surface area contributed by atoms with E-state index in [2.05, 4.69) is 14.4 Å². The van der Waals surface area contributed by atoms with E-state index in [0.29, 0.717) is 5.56 Å². The van der Waals surface area contributed by atoms with Gasteiger partial charge in [-0.2, -0.15) is 0 Å². The first-order chi connectivity index (χ1) is 11.4. The molecule has 0 aromatic heterocycles. The van der Waals surface area contributed by atoms with Crippen molar-refractivity contribution in [3.8, 4) is 0 Å². The summed E-state index contributed by atoms with van der Waals surface area (Å²) in [6.07, 6.45) is 0. The quantitative estimate of drug-likeness (QED) is 0.444. The van der Waals surface area contributed by atoms with E-state index in [0.717, 1.165) is 0 Å². The molecule has 1 N–H and O–H groups in total. The molecule has 0 spiro atoms. The first-order valence-corrected chi connectivity index (χ1v) is 8.80. The molecule has 6 nitrogen and oxygen atoms in total. The van der Waals surface area contributed by atoms with Crippen LogP contribution in [0, 0.1) is 0 Å². The van der Waals surface area contributed by atoms with Gasteiger partial charge < -0.3 is 9.52 Å². The minimum Gasteiger partial charge on any atom is -0.524 e. The number of amidine groups is 1. The normalized spacial score (nSPS) is 11.6. The van der Waals surface area contributed by atoms with Crippen molar-refractivity contribution in [2.45, 2.75) is 19.9 Å². The van der Waals surface area contributed by atoms with Crippen molar-refractivity contribution >= 4 is 22.0 Å². The summed E-state index contributed by atoms with van der Waals surface area (Å²) in [6.45, 7) is 3.65. The summed E-state index contributed by atoms with van der Waals surface area (Å²) < 4.78 is 30.0. The van der Waals surface area contributed by atoms with Gasteiger partial charge in [-0.25, -0.2) is 8.42 Å². The molecule has 2 aromatic carbocycles. The van der Waals surface area contributed by atoms with Crippen LogP contribution in [0.25, 0.3) is 4.72 Å². The molecule has 0 atom stereocenters. The summed E-state index contributed by atoms with van der Waals surface area (Å²) in [6, 6.07) is 16.7. The van der Waals surface area contributed by atoms with Crippen LogP contribution < -0.4 is 56.1 Å². The van der Waals surface area contributed by atoms with Gasteiger partial charge in [-0.05, 0) is 19.4 Å². The summed E-state index contributed by atoms with van der Waals surface area (Å²) in [5, 5.41) is 0. The van der Waals surface area contributed by atoms with Crippen LogP contribution in [0.4, 0.5) is 0 Å². The van der Waals surface area contributed by atoms with Crippen LogP contribution >= 0.6 is 0 Å². The van der Waals surface area contributed by atoms with Crippen LogP contribution in [0.5, 0.6) is 0 Å². The maximum Gasteiger partial charge on any atom is 1.00 e. The molecule has 8 heteroatoms. The Morgan fingerprint density at radius 3 is 1.92 bits per heavy atom. The number of hydrogen-bond acceptors (Lipinski definition) is 4. The van der Waals surface area contributed by atoms with Gasteiger partial charge in [0.05, 0.1) is 5.91 Å². The molecule has 0 aliphatic carbocycles. The van der Waals surface area contributed by atoms with Gasteiger partial charge in [-0.1, -0.05) is 60.7 Å². The maximum absolute atomic E-state index is 12.2. The Morgan fingerprint density at radius 1 is 0.960 bits per heavy atom. The fourth-order valence-electron chi connectivity index (χ4n) is 1.90. The van der Waals surface area contributed by atoms with Crippen LogP contribution in [0.1, 0.15) is 29.8 Å². The first kappa shape index (κ1) is 22.0. The van der Waals surface area contributed by atoms with E-state index in [1.54, 1.807) is 42.5 Å². The number of aliphatic imine (C=N–C) groups is 1. The number of carbonyl (C=O) groups is 1. The Kier molecular flexibility index (Phi) is 8.98. The predicted molar refractivity (Wildman–Crippen MR) is 94.3 cm³/mol. The Bertz CT molecular complexity index is 823. The second-order valence-corrected chi connectivity index (χ2v) is 6.61. The molecule has 1 amide bonds. The molecule has 0 heterocycles. The van der Waals surface area contributed by atoms with E-state index in [1.165, 1.54) is 12.1 Å². The monoisotopic (exact) mass is 383 g/mol. The molecule has 0 saturated carbocycles. The number of carbonyl (C=O) groups excluding carboxylic acids is 1. The van der Waals surface area contributed by atoms with Gasteiger partial charge in [0.15, 0.2) is 10.2 Å². The van der Waals surface area contributed by atoms with E-state index in [4.69, 9.17) is 0 Å². The molecule has 0 aliphatic rings. The summed E-state index contributed by atoms with van der Waals surface area (Å²) in [4.78, 5) is 16.2. The van der Waals surface area contributed by atoms with Crippen molar-refractivity contribution in [1.29, 1.82) is 0 Å². The first-order valence-electron chi connectivity index (χ1n) is 7.36. The SMILES string of the molecule is CC(C)N=C(NS(=O)(=O)[N-]C(=O)c1ccccc1)c1ccccc1.[K+]. The van der Waals surface area contributed by atoms with E-state index >= 15 is 0 Å². The van der Waals surface area contributed by atoms with Crippen LogP contribution in [-0.4, -0.2) is 26.2 Å². The standard InChI is InChI=1S/C17H19N3O3S.K/c1-13(2)18-16(14-9-5-3-6-10-14)19-24(22,23)20-17(21)15-11-7-4-8-12-15;/h3-13H,1-2H3,(H2,18,19,20,21);/q;+1/p-1. The van der Waals surface area contributed by atoms with Gasteiger partial charge in [-0.3, -0.25) is 9.71 Å². The molecule has 0 aliphatic heterocycles. The number of nitrogens with zero attached hydrogens (tertiary/aromatic N) is 2. The number of benzene rings is 2. The van der Waals surface area contributed by atoms with Gasteiger partial charge in [0, 0.05) is 11.6 Å². The van der Waals surface area contributed by atoms with Crippen molar-refractivity contribution in [3.05, 3.63) is 76.5 Å². The zero-order valence-electron chi connectivity index (χ0n) is 14.4. The van der Waals surface area contributed by atoms with Crippen LogP contribution in [0.3, 0.4) is 0 Å². The fraction of sp³-hybridized carbons (Fsp3) is 0.176. The van der Waals surface area contributed by atoms with Gasteiger partial charge >= 0.3 is 51.4 Å². The van der Waals surface area contributed by atoms with Crippen LogP contribution in [-0.2, 0) is 10.2 Å². The molecule has 0 fully saturated rings. The second kappa shape index (κ2) is 10.2. The molecule has 126 valence electrons. The molecule has 25 heavy (non-hydrogen) atoms. The topological polar surface area (TPSA) is 89.7 Å². The maximum atomic E-state index is 12.2. The Balaban J connectivity index is 0.00000312. The van der Waals surface area contributed by atoms with Gasteiger partial charge in [0.25, 0.3) is 0 Å². The van der Waals surface area contributed by atoms with Gasteiger partial charge in [0.2, 0.25) is 0 Å². The molecule has 0 saturated heterocycles. The number of hydrogen-bond donors (Lipinski definition) is 1. The van der Waals surface area contributed by atoms with Crippen molar-refractivity contribution in [2.75, 3.05) is 0 Å². The van der Waals surface area contributed by atoms with Crippen LogP contribution in [0.2, 0.25) is 0 Å². The Morgan fingerprint density at radius 2 is 1.44 bits per heavy atom. The van der Waals surface area contributed by atoms with Gasteiger partial charge in [-0.15, -0.1) is 0 Å². The van der Waals surface area contributed by atoms with Gasteiger partial charge in [0.1, 0.15) is 5.84 Å². The molecular formula is C17H18KN3O3S. The molecule has 0 radical (unpaired) electrons. The molecule has 0 unspecified atom stereocenters.